The van der Waals surface area contributed by atoms with E-state index >= 15 is 0 Å². The molecule has 0 saturated heterocycles. The van der Waals surface area contributed by atoms with Gasteiger partial charge in [0.15, 0.2) is 6.10 Å². The summed E-state index contributed by atoms with van der Waals surface area (Å²) >= 11 is 0. The Morgan fingerprint density at radius 3 is 2.14 bits per heavy atom. The van der Waals surface area contributed by atoms with E-state index in [-0.39, 0.29) is 4.90 Å². The Balaban J connectivity index is 1.61. The predicted molar refractivity (Wildman–Crippen MR) is 135 cm³/mol. The fourth-order valence-electron chi connectivity index (χ4n) is 3.31. The predicted octanol–water partition coefficient (Wildman–Crippen LogP) is 3.17. The van der Waals surface area contributed by atoms with Gasteiger partial charge in [-0.3, -0.25) is 14.4 Å². The summed E-state index contributed by atoms with van der Waals surface area (Å²) in [5, 5.41) is 2.32. The SMILES string of the molecule is Cc1ccc(S(=O)(=O)NCC(=O)NCC(=O)OC(C(=O)c2ccc(C)c(C)c2)c2ccccc2)cc1. The van der Waals surface area contributed by atoms with Crippen molar-refractivity contribution >= 4 is 27.7 Å². The number of carbonyl (C=O) groups excluding carboxylic acids is 3. The van der Waals surface area contributed by atoms with Gasteiger partial charge in [-0.25, -0.2) is 13.1 Å². The average Bonchev–Trinajstić information content (AvgIpc) is 2.87. The molecule has 8 nitrogen and oxygen atoms in total. The van der Waals surface area contributed by atoms with Gasteiger partial charge in [-0.2, -0.15) is 0 Å². The third kappa shape index (κ3) is 7.10. The van der Waals surface area contributed by atoms with Gasteiger partial charge < -0.3 is 10.1 Å². The highest BCUT2D eigenvalue weighted by Gasteiger charge is 2.26. The number of ketones is 1. The van der Waals surface area contributed by atoms with E-state index < -0.39 is 46.9 Å². The van der Waals surface area contributed by atoms with Crippen molar-refractivity contribution in [3.63, 3.8) is 0 Å². The highest BCUT2D eigenvalue weighted by molar-refractivity contribution is 7.89. The monoisotopic (exact) mass is 508 g/mol. The lowest BCUT2D eigenvalue weighted by atomic mass is 9.97. The summed E-state index contributed by atoms with van der Waals surface area (Å²) in [6.45, 7) is 4.55. The molecule has 2 N–H and O–H groups in total. The van der Waals surface area contributed by atoms with Gasteiger partial charge >= 0.3 is 5.97 Å². The maximum absolute atomic E-state index is 13.2. The third-order valence-corrected chi connectivity index (χ3v) is 6.98. The quantitative estimate of drug-likeness (QED) is 0.321. The highest BCUT2D eigenvalue weighted by atomic mass is 32.2. The zero-order chi connectivity index (χ0) is 26.3. The van der Waals surface area contributed by atoms with E-state index in [1.54, 1.807) is 54.6 Å². The topological polar surface area (TPSA) is 119 Å². The third-order valence-electron chi connectivity index (χ3n) is 5.57. The number of nitrogens with one attached hydrogen (secondary N) is 2. The molecule has 0 radical (unpaired) electrons. The summed E-state index contributed by atoms with van der Waals surface area (Å²) < 4.78 is 32.3. The number of hydrogen-bond acceptors (Lipinski definition) is 6. The summed E-state index contributed by atoms with van der Waals surface area (Å²) in [6, 6.07) is 20.0. The number of benzene rings is 3. The van der Waals surface area contributed by atoms with Gasteiger partial charge in [0.25, 0.3) is 0 Å². The number of esters is 1. The maximum Gasteiger partial charge on any atom is 0.326 e. The molecule has 1 amide bonds. The minimum absolute atomic E-state index is 0.0240. The van der Waals surface area contributed by atoms with E-state index in [9.17, 15) is 22.8 Å². The second kappa shape index (κ2) is 11.7. The normalized spacial score (nSPS) is 12.0. The molecule has 1 atom stereocenters. The fourth-order valence-corrected chi connectivity index (χ4v) is 4.30. The maximum atomic E-state index is 13.2. The van der Waals surface area contributed by atoms with E-state index in [4.69, 9.17) is 4.74 Å². The van der Waals surface area contributed by atoms with Crippen LogP contribution in [0, 0.1) is 20.8 Å². The van der Waals surface area contributed by atoms with Crippen LogP contribution >= 0.6 is 0 Å². The van der Waals surface area contributed by atoms with Gasteiger partial charge in [0, 0.05) is 11.1 Å². The van der Waals surface area contributed by atoms with Crippen LogP contribution in [-0.2, 0) is 24.3 Å². The second-order valence-corrected chi connectivity index (χ2v) is 10.1. The van der Waals surface area contributed by atoms with Crippen LogP contribution in [0.3, 0.4) is 0 Å². The zero-order valence-corrected chi connectivity index (χ0v) is 21.1. The van der Waals surface area contributed by atoms with E-state index in [2.05, 4.69) is 10.0 Å². The van der Waals surface area contributed by atoms with Crippen molar-refractivity contribution in [2.45, 2.75) is 31.8 Å². The van der Waals surface area contributed by atoms with Gasteiger partial charge in [0.1, 0.15) is 6.54 Å². The van der Waals surface area contributed by atoms with Gasteiger partial charge in [-0.1, -0.05) is 60.2 Å². The number of sulfonamides is 1. The number of carbonyl (C=O) groups is 3. The number of hydrogen-bond donors (Lipinski definition) is 2. The summed E-state index contributed by atoms with van der Waals surface area (Å²) in [4.78, 5) is 37.9. The van der Waals surface area contributed by atoms with Crippen molar-refractivity contribution in [1.29, 1.82) is 0 Å². The van der Waals surface area contributed by atoms with Crippen LogP contribution in [0.2, 0.25) is 0 Å². The molecule has 0 fully saturated rings. The Hall–Kier alpha value is -3.82. The van der Waals surface area contributed by atoms with Crippen LogP contribution in [0.5, 0.6) is 0 Å². The van der Waals surface area contributed by atoms with Crippen LogP contribution in [0.1, 0.15) is 38.7 Å². The molecule has 3 rings (SSSR count). The van der Waals surface area contributed by atoms with Crippen LogP contribution in [0.15, 0.2) is 77.7 Å². The van der Waals surface area contributed by atoms with Crippen LogP contribution in [0.4, 0.5) is 0 Å². The van der Waals surface area contributed by atoms with Crippen molar-refractivity contribution in [3.05, 3.63) is 101 Å². The van der Waals surface area contributed by atoms with Crippen LogP contribution in [-0.4, -0.2) is 39.2 Å². The largest absolute Gasteiger partial charge is 0.448 e. The minimum atomic E-state index is -3.89. The van der Waals surface area contributed by atoms with Crippen molar-refractivity contribution in [2.75, 3.05) is 13.1 Å². The molecule has 0 saturated carbocycles. The zero-order valence-electron chi connectivity index (χ0n) is 20.3. The molecule has 0 aliphatic heterocycles. The lowest BCUT2D eigenvalue weighted by molar-refractivity contribution is -0.147. The lowest BCUT2D eigenvalue weighted by Gasteiger charge is -2.18. The minimum Gasteiger partial charge on any atom is -0.448 e. The number of Topliss-reactive ketones (excluding diaryl/α,β-unsaturated/α-hetero) is 1. The smallest absolute Gasteiger partial charge is 0.326 e. The molecule has 9 heteroatoms. The first-order chi connectivity index (χ1) is 17.1. The standard InChI is InChI=1S/C27H28N2O6S/c1-18-9-13-23(14-10-18)36(33,34)29-16-24(30)28-17-25(31)35-27(21-7-5-4-6-8-21)26(32)22-12-11-19(2)20(3)15-22/h4-15,27,29H,16-17H2,1-3H3,(H,28,30). The summed E-state index contributed by atoms with van der Waals surface area (Å²) in [5.74, 6) is -1.95. The van der Waals surface area contributed by atoms with E-state index in [1.165, 1.54) is 12.1 Å². The Labute approximate surface area is 210 Å². The molecular weight excluding hydrogens is 480 g/mol. The van der Waals surface area contributed by atoms with Gasteiger partial charge in [-0.15, -0.1) is 0 Å². The van der Waals surface area contributed by atoms with Crippen LogP contribution in [0.25, 0.3) is 0 Å². The molecule has 3 aromatic carbocycles. The molecule has 0 heterocycles. The molecule has 0 spiro atoms. The second-order valence-electron chi connectivity index (χ2n) is 8.36. The van der Waals surface area contributed by atoms with Crippen molar-refractivity contribution in [2.24, 2.45) is 0 Å². The van der Waals surface area contributed by atoms with Crippen molar-refractivity contribution in [3.8, 4) is 0 Å². The van der Waals surface area contributed by atoms with Crippen molar-refractivity contribution in [1.82, 2.24) is 10.0 Å². The number of aryl methyl sites for hydroxylation is 3. The first-order valence-electron chi connectivity index (χ1n) is 11.3. The molecule has 0 bridgehead atoms. The lowest BCUT2D eigenvalue weighted by Crippen LogP contribution is -2.39. The molecule has 3 aromatic rings. The average molecular weight is 509 g/mol. The van der Waals surface area contributed by atoms with Gasteiger partial charge in [-0.05, 0) is 50.1 Å². The first kappa shape index (κ1) is 26.8. The molecule has 188 valence electrons. The first-order valence-corrected chi connectivity index (χ1v) is 12.7. The Morgan fingerprint density at radius 2 is 1.50 bits per heavy atom. The molecule has 0 aliphatic carbocycles. The molecule has 0 aromatic heterocycles. The van der Waals surface area contributed by atoms with E-state index in [1.807, 2.05) is 26.8 Å². The Kier molecular flexibility index (Phi) is 8.73. The molecular formula is C27H28N2O6S. The van der Waals surface area contributed by atoms with Crippen LogP contribution < -0.4 is 10.0 Å². The van der Waals surface area contributed by atoms with E-state index in [0.29, 0.717) is 11.1 Å². The summed E-state index contributed by atoms with van der Waals surface area (Å²) in [6.07, 6.45) is -1.20. The summed E-state index contributed by atoms with van der Waals surface area (Å²) in [7, 11) is -3.89. The fraction of sp³-hybridized carbons (Fsp3) is 0.222. The number of ether oxygens (including phenoxy) is 1. The summed E-state index contributed by atoms with van der Waals surface area (Å²) in [5.41, 5.74) is 3.75. The molecule has 0 aliphatic rings. The molecule has 1 unspecified atom stereocenters. The Morgan fingerprint density at radius 1 is 0.833 bits per heavy atom. The van der Waals surface area contributed by atoms with Gasteiger partial charge in [0.2, 0.25) is 21.7 Å². The molecule has 36 heavy (non-hydrogen) atoms. The Bertz CT molecular complexity index is 1350. The van der Waals surface area contributed by atoms with Crippen molar-refractivity contribution < 1.29 is 27.5 Å². The number of amides is 1. The van der Waals surface area contributed by atoms with Gasteiger partial charge in [0.05, 0.1) is 11.4 Å². The highest BCUT2D eigenvalue weighted by Crippen LogP contribution is 2.24. The van der Waals surface area contributed by atoms with E-state index in [0.717, 1.165) is 16.7 Å². The number of rotatable bonds is 10.